The number of sulfonamides is 1. The Morgan fingerprint density at radius 1 is 1.41 bits per heavy atom. The van der Waals surface area contributed by atoms with Gasteiger partial charge in [-0.25, -0.2) is 8.42 Å². The molecule has 1 aliphatic heterocycles. The molecular weight excluding hydrogens is 324 g/mol. The maximum absolute atomic E-state index is 12.2. The number of nitrogens with one attached hydrogen (secondary N) is 1. The average molecular weight is 343 g/mol. The van der Waals surface area contributed by atoms with Crippen LogP contribution in [-0.2, 0) is 14.8 Å². The van der Waals surface area contributed by atoms with E-state index in [1.165, 1.54) is 4.31 Å². The molecule has 3 rings (SSSR count). The molecule has 1 aliphatic carbocycles. The number of anilines is 2. The normalized spacial score (nSPS) is 21.6. The van der Waals surface area contributed by atoms with Gasteiger partial charge in [0.15, 0.2) is 0 Å². The van der Waals surface area contributed by atoms with Gasteiger partial charge in [0.2, 0.25) is 15.9 Å². The summed E-state index contributed by atoms with van der Waals surface area (Å²) in [7, 11) is -3.29. The average Bonchev–Trinajstić information content (AvgIpc) is 3.24. The van der Waals surface area contributed by atoms with Gasteiger partial charge < -0.3 is 5.32 Å². The Hall–Kier alpha value is -1.27. The van der Waals surface area contributed by atoms with E-state index in [0.717, 1.165) is 12.8 Å². The summed E-state index contributed by atoms with van der Waals surface area (Å²) in [6, 6.07) is 4.97. The van der Waals surface area contributed by atoms with Crippen LogP contribution in [0.1, 0.15) is 26.2 Å². The molecule has 1 unspecified atom stereocenters. The lowest BCUT2D eigenvalue weighted by Gasteiger charge is -2.20. The third kappa shape index (κ3) is 3.08. The largest absolute Gasteiger partial charge is 0.326 e. The Morgan fingerprint density at radius 3 is 2.73 bits per heavy atom. The van der Waals surface area contributed by atoms with Gasteiger partial charge in [0.25, 0.3) is 0 Å². The van der Waals surface area contributed by atoms with E-state index >= 15 is 0 Å². The van der Waals surface area contributed by atoms with Crippen molar-refractivity contribution in [3.63, 3.8) is 0 Å². The summed E-state index contributed by atoms with van der Waals surface area (Å²) < 4.78 is 25.4. The summed E-state index contributed by atoms with van der Waals surface area (Å²) >= 11 is 6.14. The standard InChI is InChI=1S/C15H19ClN2O3S/c1-10(11-3-4-11)15(19)17-12-5-6-13(16)14(9-12)18-7-2-8-22(18,20)21/h5-6,9-11H,2-4,7-8H2,1H3,(H,17,19). The van der Waals surface area contributed by atoms with Gasteiger partial charge in [-0.2, -0.15) is 0 Å². The van der Waals surface area contributed by atoms with E-state index < -0.39 is 10.0 Å². The third-order valence-electron chi connectivity index (χ3n) is 4.32. The summed E-state index contributed by atoms with van der Waals surface area (Å²) in [6.07, 6.45) is 2.80. The second kappa shape index (κ2) is 5.74. The molecule has 120 valence electrons. The predicted octanol–water partition coefficient (Wildman–Crippen LogP) is 2.86. The molecule has 22 heavy (non-hydrogen) atoms. The van der Waals surface area contributed by atoms with Crippen LogP contribution < -0.4 is 9.62 Å². The molecule has 1 heterocycles. The van der Waals surface area contributed by atoms with Gasteiger partial charge >= 0.3 is 0 Å². The van der Waals surface area contributed by atoms with Crippen LogP contribution >= 0.6 is 11.6 Å². The molecular formula is C15H19ClN2O3S. The Morgan fingerprint density at radius 2 is 2.14 bits per heavy atom. The molecule has 7 heteroatoms. The lowest BCUT2D eigenvalue weighted by Crippen LogP contribution is -2.26. The molecule has 5 nitrogen and oxygen atoms in total. The number of carbonyl (C=O) groups is 1. The van der Waals surface area contributed by atoms with Crippen LogP contribution in [0, 0.1) is 11.8 Å². The first-order valence-corrected chi connectivity index (χ1v) is 9.48. The highest BCUT2D eigenvalue weighted by molar-refractivity contribution is 7.93. The number of hydrogen-bond acceptors (Lipinski definition) is 3. The van der Waals surface area contributed by atoms with Gasteiger partial charge in [0, 0.05) is 18.2 Å². The highest BCUT2D eigenvalue weighted by atomic mass is 35.5. The molecule has 1 N–H and O–H groups in total. The van der Waals surface area contributed by atoms with Crippen molar-refractivity contribution < 1.29 is 13.2 Å². The van der Waals surface area contributed by atoms with E-state index in [9.17, 15) is 13.2 Å². The molecule has 2 aliphatic rings. The molecule has 0 bridgehead atoms. The molecule has 1 amide bonds. The number of benzene rings is 1. The van der Waals surface area contributed by atoms with Crippen LogP contribution in [0.4, 0.5) is 11.4 Å². The Labute approximate surface area is 135 Å². The maximum atomic E-state index is 12.2. The quantitative estimate of drug-likeness (QED) is 0.914. The smallest absolute Gasteiger partial charge is 0.235 e. The minimum Gasteiger partial charge on any atom is -0.326 e. The van der Waals surface area contributed by atoms with Crippen molar-refractivity contribution in [1.29, 1.82) is 0 Å². The summed E-state index contributed by atoms with van der Waals surface area (Å²) in [5, 5.41) is 3.24. The highest BCUT2D eigenvalue weighted by Crippen LogP contribution is 2.38. The Kier molecular flexibility index (Phi) is 4.07. The zero-order chi connectivity index (χ0) is 15.9. The van der Waals surface area contributed by atoms with Crippen LogP contribution in [0.2, 0.25) is 5.02 Å². The fourth-order valence-corrected chi connectivity index (χ4v) is 4.60. The van der Waals surface area contributed by atoms with E-state index in [1.807, 2.05) is 6.92 Å². The molecule has 1 saturated carbocycles. The summed E-state index contributed by atoms with van der Waals surface area (Å²) in [6.45, 7) is 2.35. The Balaban J connectivity index is 1.82. The second-order valence-electron chi connectivity index (χ2n) is 6.02. The number of carbonyl (C=O) groups excluding carboxylic acids is 1. The number of halogens is 1. The molecule has 0 spiro atoms. The SMILES string of the molecule is CC(C(=O)Nc1ccc(Cl)c(N2CCCS2(=O)=O)c1)C1CC1. The van der Waals surface area contributed by atoms with E-state index in [4.69, 9.17) is 11.6 Å². The Bertz CT molecular complexity index is 701. The number of amides is 1. The monoisotopic (exact) mass is 342 g/mol. The van der Waals surface area contributed by atoms with Crippen molar-refractivity contribution in [1.82, 2.24) is 0 Å². The van der Waals surface area contributed by atoms with Crippen molar-refractivity contribution in [2.24, 2.45) is 11.8 Å². The van der Waals surface area contributed by atoms with Crippen molar-refractivity contribution in [3.05, 3.63) is 23.2 Å². The van der Waals surface area contributed by atoms with Crippen LogP contribution in [0.5, 0.6) is 0 Å². The summed E-state index contributed by atoms with van der Waals surface area (Å²) in [5.41, 5.74) is 1.02. The minimum absolute atomic E-state index is 0.0188. The number of hydrogen-bond donors (Lipinski definition) is 1. The maximum Gasteiger partial charge on any atom is 0.235 e. The molecule has 1 aromatic rings. The van der Waals surface area contributed by atoms with Gasteiger partial charge in [0.1, 0.15) is 0 Å². The van der Waals surface area contributed by atoms with E-state index in [1.54, 1.807) is 18.2 Å². The third-order valence-corrected chi connectivity index (χ3v) is 6.50. The fraction of sp³-hybridized carbons (Fsp3) is 0.533. The van der Waals surface area contributed by atoms with Crippen molar-refractivity contribution in [3.8, 4) is 0 Å². The van der Waals surface area contributed by atoms with E-state index in [2.05, 4.69) is 5.32 Å². The lowest BCUT2D eigenvalue weighted by atomic mass is 10.1. The molecule has 1 saturated heterocycles. The first kappa shape index (κ1) is 15.6. The number of nitrogens with zero attached hydrogens (tertiary/aromatic N) is 1. The van der Waals surface area contributed by atoms with Crippen molar-refractivity contribution in [2.75, 3.05) is 21.9 Å². The van der Waals surface area contributed by atoms with Crippen LogP contribution in [-0.4, -0.2) is 26.6 Å². The van der Waals surface area contributed by atoms with Crippen LogP contribution in [0.3, 0.4) is 0 Å². The highest BCUT2D eigenvalue weighted by Gasteiger charge is 2.33. The fourth-order valence-electron chi connectivity index (χ4n) is 2.76. The van der Waals surface area contributed by atoms with Crippen molar-refractivity contribution in [2.45, 2.75) is 26.2 Å². The molecule has 1 aromatic carbocycles. The van der Waals surface area contributed by atoms with Gasteiger partial charge in [0.05, 0.1) is 16.5 Å². The molecule has 1 atom stereocenters. The minimum atomic E-state index is -3.29. The van der Waals surface area contributed by atoms with Gasteiger partial charge in [-0.1, -0.05) is 18.5 Å². The van der Waals surface area contributed by atoms with Crippen LogP contribution in [0.25, 0.3) is 0 Å². The van der Waals surface area contributed by atoms with Gasteiger partial charge in [-0.05, 0) is 43.4 Å². The second-order valence-corrected chi connectivity index (χ2v) is 8.44. The van der Waals surface area contributed by atoms with Crippen molar-refractivity contribution >= 4 is 38.9 Å². The van der Waals surface area contributed by atoms with E-state index in [-0.39, 0.29) is 17.6 Å². The molecule has 0 aromatic heterocycles. The zero-order valence-corrected chi connectivity index (χ0v) is 14.0. The van der Waals surface area contributed by atoms with E-state index in [0.29, 0.717) is 35.3 Å². The lowest BCUT2D eigenvalue weighted by molar-refractivity contribution is -0.119. The zero-order valence-electron chi connectivity index (χ0n) is 12.4. The summed E-state index contributed by atoms with van der Waals surface area (Å²) in [5.74, 6) is 0.568. The topological polar surface area (TPSA) is 66.5 Å². The first-order valence-electron chi connectivity index (χ1n) is 7.49. The number of rotatable bonds is 4. The van der Waals surface area contributed by atoms with Crippen LogP contribution in [0.15, 0.2) is 18.2 Å². The summed E-state index contributed by atoms with van der Waals surface area (Å²) in [4.78, 5) is 12.2. The molecule has 2 fully saturated rings. The predicted molar refractivity (Wildman–Crippen MR) is 87.7 cm³/mol. The molecule has 0 radical (unpaired) electrons. The van der Waals surface area contributed by atoms with Gasteiger partial charge in [-0.15, -0.1) is 0 Å². The first-order chi connectivity index (χ1) is 10.4. The van der Waals surface area contributed by atoms with Gasteiger partial charge in [-0.3, -0.25) is 9.10 Å².